The molecule has 6 nitrogen and oxygen atoms in total. The highest BCUT2D eigenvalue weighted by Gasteiger charge is 2.43. The molecule has 2 aromatic heterocycles. The van der Waals surface area contributed by atoms with E-state index < -0.39 is 11.9 Å². The minimum atomic E-state index is -0.692. The van der Waals surface area contributed by atoms with Gasteiger partial charge in [0.1, 0.15) is 23.0 Å². The summed E-state index contributed by atoms with van der Waals surface area (Å²) in [5.41, 5.74) is 2.95. The fourth-order valence-corrected chi connectivity index (χ4v) is 3.95. The van der Waals surface area contributed by atoms with Crippen molar-refractivity contribution in [2.24, 2.45) is 0 Å². The average Bonchev–Trinajstić information content (AvgIpc) is 3.30. The van der Waals surface area contributed by atoms with Gasteiger partial charge in [-0.25, -0.2) is 4.39 Å². The van der Waals surface area contributed by atoms with Crippen molar-refractivity contribution in [3.63, 3.8) is 0 Å². The Hall–Kier alpha value is -4.00. The summed E-state index contributed by atoms with van der Waals surface area (Å²) in [6, 6.07) is 16.1. The molecule has 2 N–H and O–H groups in total. The number of aromatic amines is 1. The third-order valence-corrected chi connectivity index (χ3v) is 5.30. The fourth-order valence-electron chi connectivity index (χ4n) is 3.95. The second kappa shape index (κ2) is 7.11. The number of nitrogens with one attached hydrogen (secondary N) is 1. The Balaban J connectivity index is 1.70. The van der Waals surface area contributed by atoms with Crippen molar-refractivity contribution >= 4 is 5.91 Å². The summed E-state index contributed by atoms with van der Waals surface area (Å²) in [6.45, 7) is 0.258. The number of carbonyl (C=O) groups excluding carboxylic acids is 1. The zero-order valence-electron chi connectivity index (χ0n) is 15.8. The van der Waals surface area contributed by atoms with Crippen molar-refractivity contribution in [1.82, 2.24) is 20.1 Å². The first-order chi connectivity index (χ1) is 14.6. The molecule has 0 bridgehead atoms. The highest BCUT2D eigenvalue weighted by atomic mass is 19.1. The van der Waals surface area contributed by atoms with Gasteiger partial charge in [0.05, 0.1) is 6.04 Å². The molecule has 0 saturated heterocycles. The monoisotopic (exact) mass is 400 g/mol. The zero-order valence-corrected chi connectivity index (χ0v) is 15.8. The van der Waals surface area contributed by atoms with E-state index in [0.29, 0.717) is 28.1 Å². The molecule has 2 aromatic carbocycles. The van der Waals surface area contributed by atoms with Gasteiger partial charge in [-0.2, -0.15) is 5.10 Å². The average molecular weight is 400 g/mol. The van der Waals surface area contributed by atoms with E-state index in [1.165, 1.54) is 6.07 Å². The molecular weight excluding hydrogens is 383 g/mol. The molecule has 30 heavy (non-hydrogen) atoms. The van der Waals surface area contributed by atoms with E-state index in [1.807, 2.05) is 6.07 Å². The van der Waals surface area contributed by atoms with Crippen LogP contribution in [0.15, 0.2) is 73.1 Å². The first kappa shape index (κ1) is 18.1. The lowest BCUT2D eigenvalue weighted by molar-refractivity contribution is 0.0728. The number of hydrogen-bond acceptors (Lipinski definition) is 4. The summed E-state index contributed by atoms with van der Waals surface area (Å²) in [6.07, 6.45) is 3.34. The number of H-pyrrole nitrogens is 1. The minimum absolute atomic E-state index is 0.0391. The van der Waals surface area contributed by atoms with Gasteiger partial charge in [0, 0.05) is 35.6 Å². The molecule has 0 radical (unpaired) electrons. The summed E-state index contributed by atoms with van der Waals surface area (Å²) in [5.74, 6) is -0.655. The number of para-hydroxylation sites is 1. The van der Waals surface area contributed by atoms with Crippen LogP contribution in [0.25, 0.3) is 11.3 Å². The molecule has 1 aliphatic rings. The van der Waals surface area contributed by atoms with E-state index >= 15 is 0 Å². The molecule has 5 rings (SSSR count). The normalized spacial score (nSPS) is 15.4. The van der Waals surface area contributed by atoms with E-state index in [4.69, 9.17) is 0 Å². The first-order valence-electron chi connectivity index (χ1n) is 9.46. The van der Waals surface area contributed by atoms with Crippen molar-refractivity contribution in [3.05, 3.63) is 101 Å². The Morgan fingerprint density at radius 2 is 1.87 bits per heavy atom. The Kier molecular flexibility index (Phi) is 4.28. The molecule has 148 valence electrons. The number of phenolic OH excluding ortho intramolecular Hbond substituents is 1. The molecule has 1 unspecified atom stereocenters. The molecule has 7 heteroatoms. The molecule has 4 aromatic rings. The van der Waals surface area contributed by atoms with Crippen molar-refractivity contribution in [2.45, 2.75) is 12.6 Å². The number of nitrogens with zero attached hydrogens (tertiary/aromatic N) is 3. The summed E-state index contributed by atoms with van der Waals surface area (Å²) in [7, 11) is 0. The van der Waals surface area contributed by atoms with Crippen molar-refractivity contribution in [3.8, 4) is 17.0 Å². The number of amides is 1. The van der Waals surface area contributed by atoms with E-state index in [2.05, 4.69) is 15.2 Å². The highest BCUT2D eigenvalue weighted by Crippen LogP contribution is 2.45. The van der Waals surface area contributed by atoms with Crippen molar-refractivity contribution in [2.75, 3.05) is 0 Å². The number of aromatic nitrogens is 3. The summed E-state index contributed by atoms with van der Waals surface area (Å²) < 4.78 is 14.9. The maximum Gasteiger partial charge on any atom is 0.273 e. The van der Waals surface area contributed by atoms with E-state index in [0.717, 1.165) is 5.56 Å². The van der Waals surface area contributed by atoms with Crippen LogP contribution in [0, 0.1) is 5.82 Å². The SMILES string of the molecule is O=C1c2[nH]nc(-c3ccccc3O)c2C(c2ccccc2F)N1Cc1cccnc1. The number of halogens is 1. The Bertz CT molecular complexity index is 1240. The number of benzene rings is 2. The number of pyridine rings is 1. The summed E-state index contributed by atoms with van der Waals surface area (Å²) in [5, 5.41) is 17.5. The number of phenols is 1. The number of fused-ring (bicyclic) bond motifs is 1. The fraction of sp³-hybridized carbons (Fsp3) is 0.0870. The molecule has 0 spiro atoms. The van der Waals surface area contributed by atoms with Gasteiger partial charge < -0.3 is 10.0 Å². The standard InChI is InChI=1S/C23H17FN4O2/c24-17-9-3-1-7-15(17)22-19-20(16-8-2-4-10-18(16)29)26-27-21(19)23(30)28(22)13-14-6-5-11-25-12-14/h1-12,22,29H,13H2,(H,26,27). The van der Waals surface area contributed by atoms with Gasteiger partial charge >= 0.3 is 0 Å². The number of rotatable bonds is 4. The van der Waals surface area contributed by atoms with Gasteiger partial charge in [0.15, 0.2) is 0 Å². The van der Waals surface area contributed by atoms with Crippen molar-refractivity contribution < 1.29 is 14.3 Å². The second-order valence-electron chi connectivity index (χ2n) is 7.10. The molecular formula is C23H17FN4O2. The van der Waals surface area contributed by atoms with Gasteiger partial charge in [-0.3, -0.25) is 14.9 Å². The Morgan fingerprint density at radius 1 is 1.07 bits per heavy atom. The maximum absolute atomic E-state index is 14.9. The Morgan fingerprint density at radius 3 is 2.63 bits per heavy atom. The van der Waals surface area contributed by atoms with Gasteiger partial charge in [-0.05, 0) is 29.8 Å². The predicted octanol–water partition coefficient (Wildman–Crippen LogP) is 4.06. The van der Waals surface area contributed by atoms with Crippen LogP contribution < -0.4 is 0 Å². The summed E-state index contributed by atoms with van der Waals surface area (Å²) >= 11 is 0. The molecule has 0 saturated carbocycles. The predicted molar refractivity (Wildman–Crippen MR) is 108 cm³/mol. The molecule has 1 amide bonds. The van der Waals surface area contributed by atoms with Crippen LogP contribution in [-0.4, -0.2) is 31.1 Å². The van der Waals surface area contributed by atoms with Crippen LogP contribution in [0.4, 0.5) is 4.39 Å². The lowest BCUT2D eigenvalue weighted by Gasteiger charge is -2.26. The topological polar surface area (TPSA) is 82.1 Å². The smallest absolute Gasteiger partial charge is 0.273 e. The first-order valence-corrected chi connectivity index (χ1v) is 9.46. The number of carbonyl (C=O) groups is 1. The third-order valence-electron chi connectivity index (χ3n) is 5.30. The van der Waals surface area contributed by atoms with Crippen LogP contribution >= 0.6 is 0 Å². The van der Waals surface area contributed by atoms with E-state index in [1.54, 1.807) is 65.8 Å². The largest absolute Gasteiger partial charge is 0.507 e. The molecule has 3 heterocycles. The van der Waals surface area contributed by atoms with Crippen LogP contribution in [-0.2, 0) is 6.54 Å². The lowest BCUT2D eigenvalue weighted by atomic mass is 9.95. The van der Waals surface area contributed by atoms with Gasteiger partial charge in [0.2, 0.25) is 0 Å². The van der Waals surface area contributed by atoms with E-state index in [-0.39, 0.29) is 18.2 Å². The van der Waals surface area contributed by atoms with E-state index in [9.17, 15) is 14.3 Å². The molecule has 0 fully saturated rings. The molecule has 1 aliphatic heterocycles. The molecule has 0 aliphatic carbocycles. The minimum Gasteiger partial charge on any atom is -0.507 e. The third kappa shape index (κ3) is 2.83. The van der Waals surface area contributed by atoms with Crippen LogP contribution in [0.1, 0.15) is 33.2 Å². The number of hydrogen-bond donors (Lipinski definition) is 2. The zero-order chi connectivity index (χ0) is 20.7. The lowest BCUT2D eigenvalue weighted by Crippen LogP contribution is -2.29. The van der Waals surface area contributed by atoms with Crippen LogP contribution in [0.5, 0.6) is 5.75 Å². The highest BCUT2D eigenvalue weighted by molar-refractivity contribution is 6.00. The van der Waals surface area contributed by atoms with Crippen molar-refractivity contribution in [1.29, 1.82) is 0 Å². The second-order valence-corrected chi connectivity index (χ2v) is 7.10. The van der Waals surface area contributed by atoms with Gasteiger partial charge in [-0.15, -0.1) is 0 Å². The summed E-state index contributed by atoms with van der Waals surface area (Å²) in [4.78, 5) is 19.0. The Labute approximate surface area is 171 Å². The van der Waals surface area contributed by atoms with Crippen LogP contribution in [0.2, 0.25) is 0 Å². The number of aromatic hydroxyl groups is 1. The van der Waals surface area contributed by atoms with Crippen LogP contribution in [0.3, 0.4) is 0 Å². The quantitative estimate of drug-likeness (QED) is 0.541. The van der Waals surface area contributed by atoms with Gasteiger partial charge in [-0.1, -0.05) is 36.4 Å². The molecule has 1 atom stereocenters. The maximum atomic E-state index is 14.9. The van der Waals surface area contributed by atoms with Gasteiger partial charge in [0.25, 0.3) is 5.91 Å².